The third-order valence-corrected chi connectivity index (χ3v) is 4.79. The van der Waals surface area contributed by atoms with Crippen molar-refractivity contribution < 1.29 is 8.42 Å². The number of pyridine rings is 1. The minimum atomic E-state index is -3.75. The monoisotopic (exact) mass is 365 g/mol. The molecule has 0 spiro atoms. The zero-order valence-electron chi connectivity index (χ0n) is 11.4. The van der Waals surface area contributed by atoms with Crippen LogP contribution >= 0.6 is 15.9 Å². The van der Waals surface area contributed by atoms with Crippen LogP contribution in [0.4, 0.5) is 5.69 Å². The molecule has 1 heterocycles. The lowest BCUT2D eigenvalue weighted by Gasteiger charge is -2.13. The molecule has 108 valence electrons. The van der Waals surface area contributed by atoms with Crippen LogP contribution in [-0.4, -0.2) is 13.4 Å². The minimum absolute atomic E-state index is 0.00775. The Labute approximate surface area is 131 Å². The fraction of sp³-hybridized carbons (Fsp3) is 0.143. The fourth-order valence-corrected chi connectivity index (χ4v) is 3.84. The SMILES string of the molecule is Cc1cc(C)c(NS(=O)(=O)c2ccc(C#N)nc2)c(Br)c1. The maximum Gasteiger partial charge on any atom is 0.263 e. The van der Waals surface area contributed by atoms with E-state index in [1.807, 2.05) is 32.0 Å². The summed E-state index contributed by atoms with van der Waals surface area (Å²) in [5, 5.41) is 8.68. The third-order valence-electron chi connectivity index (χ3n) is 2.83. The van der Waals surface area contributed by atoms with Gasteiger partial charge in [-0.05, 0) is 59.1 Å². The molecule has 2 aromatic rings. The highest BCUT2D eigenvalue weighted by molar-refractivity contribution is 9.10. The number of halogens is 1. The lowest BCUT2D eigenvalue weighted by molar-refractivity contribution is 0.600. The Hall–Kier alpha value is -1.91. The molecule has 0 bridgehead atoms. The van der Waals surface area contributed by atoms with Gasteiger partial charge in [0.25, 0.3) is 10.0 Å². The molecule has 21 heavy (non-hydrogen) atoms. The second kappa shape index (κ2) is 5.84. The van der Waals surface area contributed by atoms with E-state index < -0.39 is 10.0 Å². The average Bonchev–Trinajstić information content (AvgIpc) is 2.43. The number of aryl methyl sites for hydroxylation is 2. The summed E-state index contributed by atoms with van der Waals surface area (Å²) in [6.07, 6.45) is 1.16. The van der Waals surface area contributed by atoms with Crippen molar-refractivity contribution in [2.24, 2.45) is 0 Å². The maximum atomic E-state index is 12.3. The van der Waals surface area contributed by atoms with Crippen LogP contribution < -0.4 is 4.72 Å². The number of nitriles is 1. The average molecular weight is 366 g/mol. The number of sulfonamides is 1. The Morgan fingerprint density at radius 1 is 1.29 bits per heavy atom. The number of rotatable bonds is 3. The topological polar surface area (TPSA) is 82.9 Å². The van der Waals surface area contributed by atoms with Crippen LogP contribution in [-0.2, 0) is 10.0 Å². The molecule has 0 amide bonds. The van der Waals surface area contributed by atoms with Gasteiger partial charge in [0.1, 0.15) is 16.7 Å². The van der Waals surface area contributed by atoms with E-state index in [0.717, 1.165) is 17.3 Å². The first kappa shape index (κ1) is 15.5. The molecule has 0 atom stereocenters. The molecule has 5 nitrogen and oxygen atoms in total. The van der Waals surface area contributed by atoms with Crippen molar-refractivity contribution in [2.45, 2.75) is 18.7 Å². The van der Waals surface area contributed by atoms with Crippen molar-refractivity contribution in [2.75, 3.05) is 4.72 Å². The highest BCUT2D eigenvalue weighted by atomic mass is 79.9. The number of hydrogen-bond acceptors (Lipinski definition) is 4. The van der Waals surface area contributed by atoms with Gasteiger partial charge in [-0.1, -0.05) is 6.07 Å². The standard InChI is InChI=1S/C14H12BrN3O2S/c1-9-5-10(2)14(13(15)6-9)18-21(19,20)12-4-3-11(7-16)17-8-12/h3-6,8,18H,1-2H3. The van der Waals surface area contributed by atoms with E-state index >= 15 is 0 Å². The van der Waals surface area contributed by atoms with Crippen molar-refractivity contribution in [3.8, 4) is 6.07 Å². The van der Waals surface area contributed by atoms with Crippen LogP contribution in [0.15, 0.2) is 39.8 Å². The van der Waals surface area contributed by atoms with E-state index in [-0.39, 0.29) is 10.6 Å². The molecular weight excluding hydrogens is 354 g/mol. The van der Waals surface area contributed by atoms with E-state index in [4.69, 9.17) is 5.26 Å². The van der Waals surface area contributed by atoms with Crippen LogP contribution in [0.25, 0.3) is 0 Å². The molecule has 1 aromatic heterocycles. The van der Waals surface area contributed by atoms with Crippen LogP contribution in [0.2, 0.25) is 0 Å². The van der Waals surface area contributed by atoms with E-state index in [9.17, 15) is 8.42 Å². The van der Waals surface area contributed by atoms with Crippen LogP contribution in [0.3, 0.4) is 0 Å². The minimum Gasteiger partial charge on any atom is -0.278 e. The number of aromatic nitrogens is 1. The molecular formula is C14H12BrN3O2S. The summed E-state index contributed by atoms with van der Waals surface area (Å²) in [4.78, 5) is 3.78. The molecule has 0 aliphatic rings. The normalized spacial score (nSPS) is 11.0. The Morgan fingerprint density at radius 2 is 2.00 bits per heavy atom. The molecule has 0 fully saturated rings. The number of nitrogens with zero attached hydrogens (tertiary/aromatic N) is 2. The second-order valence-electron chi connectivity index (χ2n) is 4.54. The Bertz CT molecular complexity index is 801. The summed E-state index contributed by atoms with van der Waals surface area (Å²) < 4.78 is 27.9. The first-order valence-corrected chi connectivity index (χ1v) is 8.27. The van der Waals surface area contributed by atoms with E-state index in [2.05, 4.69) is 25.6 Å². The summed E-state index contributed by atoms with van der Waals surface area (Å²) in [5.74, 6) is 0. The van der Waals surface area contributed by atoms with Crippen molar-refractivity contribution >= 4 is 31.6 Å². The maximum absolute atomic E-state index is 12.3. The van der Waals surface area contributed by atoms with Gasteiger partial charge in [-0.3, -0.25) is 4.72 Å². The summed E-state index contributed by atoms with van der Waals surface area (Å²) >= 11 is 3.36. The lowest BCUT2D eigenvalue weighted by Crippen LogP contribution is -2.14. The fourth-order valence-electron chi connectivity index (χ4n) is 1.84. The largest absolute Gasteiger partial charge is 0.278 e. The summed E-state index contributed by atoms with van der Waals surface area (Å²) in [7, 11) is -3.75. The van der Waals surface area contributed by atoms with Gasteiger partial charge in [-0.2, -0.15) is 5.26 Å². The van der Waals surface area contributed by atoms with Crippen molar-refractivity contribution in [3.63, 3.8) is 0 Å². The molecule has 0 radical (unpaired) electrons. The molecule has 0 saturated heterocycles. The highest BCUT2D eigenvalue weighted by Crippen LogP contribution is 2.29. The second-order valence-corrected chi connectivity index (χ2v) is 7.07. The van der Waals surface area contributed by atoms with Crippen molar-refractivity contribution in [1.82, 2.24) is 4.98 Å². The first-order chi connectivity index (χ1) is 9.83. The van der Waals surface area contributed by atoms with Crippen molar-refractivity contribution in [1.29, 1.82) is 5.26 Å². The molecule has 0 aliphatic heterocycles. The summed E-state index contributed by atoms with van der Waals surface area (Å²) in [6, 6.07) is 8.29. The number of nitrogens with one attached hydrogen (secondary N) is 1. The highest BCUT2D eigenvalue weighted by Gasteiger charge is 2.17. The summed E-state index contributed by atoms with van der Waals surface area (Å²) in [5.41, 5.74) is 2.50. The number of hydrogen-bond donors (Lipinski definition) is 1. The van der Waals surface area contributed by atoms with Crippen LogP contribution in [0, 0.1) is 25.2 Å². The molecule has 7 heteroatoms. The smallest absolute Gasteiger partial charge is 0.263 e. The predicted molar refractivity (Wildman–Crippen MR) is 83.4 cm³/mol. The molecule has 1 N–H and O–H groups in total. The van der Waals surface area contributed by atoms with E-state index in [1.54, 1.807) is 0 Å². The molecule has 1 aromatic carbocycles. The van der Waals surface area contributed by atoms with Gasteiger partial charge in [0.15, 0.2) is 0 Å². The van der Waals surface area contributed by atoms with Gasteiger partial charge in [-0.25, -0.2) is 13.4 Å². The van der Waals surface area contributed by atoms with Gasteiger partial charge in [0.2, 0.25) is 0 Å². The third kappa shape index (κ3) is 3.40. The van der Waals surface area contributed by atoms with Gasteiger partial charge < -0.3 is 0 Å². The zero-order valence-corrected chi connectivity index (χ0v) is 13.8. The van der Waals surface area contributed by atoms with Crippen LogP contribution in [0.5, 0.6) is 0 Å². The predicted octanol–water partition coefficient (Wildman–Crippen LogP) is 3.13. The molecule has 0 aliphatic carbocycles. The number of benzene rings is 1. The van der Waals surface area contributed by atoms with Gasteiger partial charge in [0.05, 0.1) is 5.69 Å². The molecule has 0 saturated carbocycles. The van der Waals surface area contributed by atoms with E-state index in [0.29, 0.717) is 10.2 Å². The molecule has 2 rings (SSSR count). The van der Waals surface area contributed by atoms with Gasteiger partial charge in [-0.15, -0.1) is 0 Å². The molecule has 0 unspecified atom stereocenters. The van der Waals surface area contributed by atoms with Gasteiger partial charge in [0, 0.05) is 10.7 Å². The summed E-state index contributed by atoms with van der Waals surface area (Å²) in [6.45, 7) is 3.76. The van der Waals surface area contributed by atoms with Gasteiger partial charge >= 0.3 is 0 Å². The van der Waals surface area contributed by atoms with E-state index in [1.165, 1.54) is 12.1 Å². The Kier molecular flexibility index (Phi) is 4.30. The van der Waals surface area contributed by atoms with Crippen LogP contribution in [0.1, 0.15) is 16.8 Å². The Morgan fingerprint density at radius 3 is 2.52 bits per heavy atom. The zero-order chi connectivity index (χ0) is 15.6. The Balaban J connectivity index is 2.40. The quantitative estimate of drug-likeness (QED) is 0.905. The number of anilines is 1. The first-order valence-electron chi connectivity index (χ1n) is 5.99. The van der Waals surface area contributed by atoms with Crippen molar-refractivity contribution in [3.05, 3.63) is 51.8 Å². The lowest BCUT2D eigenvalue weighted by atomic mass is 10.1.